The third-order valence-electron chi connectivity index (χ3n) is 3.12. The van der Waals surface area contributed by atoms with Crippen LogP contribution in [-0.2, 0) is 19.9 Å². The Morgan fingerprint density at radius 3 is 2.56 bits per heavy atom. The molecule has 1 heterocycles. The van der Waals surface area contributed by atoms with Gasteiger partial charge in [0.2, 0.25) is 0 Å². The fraction of sp³-hybridized carbons (Fsp3) is 0.357. The first-order valence-electron chi connectivity index (χ1n) is 6.13. The van der Waals surface area contributed by atoms with E-state index in [9.17, 15) is 4.39 Å². The average Bonchev–Trinajstić information content (AvgIpc) is 2.71. The SMILES string of the molecule is CCc1cc(CC(N)c2ccc(F)cc2)n(C)n1. The number of aromatic nitrogens is 2. The Morgan fingerprint density at radius 1 is 1.33 bits per heavy atom. The molecule has 1 atom stereocenters. The van der Waals surface area contributed by atoms with Crippen LogP contribution in [0.5, 0.6) is 0 Å². The van der Waals surface area contributed by atoms with Gasteiger partial charge in [-0.25, -0.2) is 4.39 Å². The van der Waals surface area contributed by atoms with Gasteiger partial charge in [0.1, 0.15) is 5.82 Å². The number of hydrogen-bond donors (Lipinski definition) is 1. The molecule has 1 aromatic heterocycles. The summed E-state index contributed by atoms with van der Waals surface area (Å²) in [4.78, 5) is 0. The van der Waals surface area contributed by atoms with E-state index in [1.54, 1.807) is 12.1 Å². The topological polar surface area (TPSA) is 43.8 Å². The van der Waals surface area contributed by atoms with Crippen LogP contribution in [0.1, 0.15) is 29.9 Å². The molecule has 4 heteroatoms. The van der Waals surface area contributed by atoms with Crippen molar-refractivity contribution in [2.75, 3.05) is 0 Å². The van der Waals surface area contributed by atoms with E-state index in [0.717, 1.165) is 23.4 Å². The Kier molecular flexibility index (Phi) is 3.77. The van der Waals surface area contributed by atoms with Gasteiger partial charge in [-0.15, -0.1) is 0 Å². The third-order valence-corrected chi connectivity index (χ3v) is 3.12. The van der Waals surface area contributed by atoms with Crippen molar-refractivity contribution in [3.8, 4) is 0 Å². The van der Waals surface area contributed by atoms with Crippen molar-refractivity contribution >= 4 is 0 Å². The van der Waals surface area contributed by atoms with Gasteiger partial charge in [-0.2, -0.15) is 5.10 Å². The first-order chi connectivity index (χ1) is 8.60. The van der Waals surface area contributed by atoms with Crippen LogP contribution in [0.3, 0.4) is 0 Å². The molecular weight excluding hydrogens is 229 g/mol. The van der Waals surface area contributed by atoms with E-state index in [1.165, 1.54) is 12.1 Å². The maximum Gasteiger partial charge on any atom is 0.123 e. The van der Waals surface area contributed by atoms with E-state index in [4.69, 9.17) is 5.73 Å². The van der Waals surface area contributed by atoms with Crippen molar-refractivity contribution in [1.29, 1.82) is 0 Å². The Bertz CT molecular complexity index is 516. The van der Waals surface area contributed by atoms with E-state index >= 15 is 0 Å². The second kappa shape index (κ2) is 5.31. The summed E-state index contributed by atoms with van der Waals surface area (Å²) in [5.41, 5.74) is 9.24. The van der Waals surface area contributed by atoms with Gasteiger partial charge in [0.25, 0.3) is 0 Å². The molecule has 96 valence electrons. The maximum absolute atomic E-state index is 12.8. The summed E-state index contributed by atoms with van der Waals surface area (Å²) in [5, 5.41) is 4.39. The molecule has 18 heavy (non-hydrogen) atoms. The number of aryl methyl sites for hydroxylation is 2. The molecule has 0 spiro atoms. The predicted molar refractivity (Wildman–Crippen MR) is 69.6 cm³/mol. The summed E-state index contributed by atoms with van der Waals surface area (Å²) in [6.07, 6.45) is 1.62. The quantitative estimate of drug-likeness (QED) is 0.901. The molecular formula is C14H18FN3. The van der Waals surface area contributed by atoms with Crippen LogP contribution < -0.4 is 5.73 Å². The van der Waals surface area contributed by atoms with Crippen LogP contribution in [0.2, 0.25) is 0 Å². The molecule has 2 aromatic rings. The van der Waals surface area contributed by atoms with Crippen LogP contribution >= 0.6 is 0 Å². The molecule has 0 saturated carbocycles. The van der Waals surface area contributed by atoms with Gasteiger partial charge in [0.05, 0.1) is 5.69 Å². The Labute approximate surface area is 106 Å². The number of nitrogens with zero attached hydrogens (tertiary/aromatic N) is 2. The van der Waals surface area contributed by atoms with Gasteiger partial charge in [-0.1, -0.05) is 19.1 Å². The first-order valence-corrected chi connectivity index (χ1v) is 6.13. The zero-order valence-electron chi connectivity index (χ0n) is 10.7. The highest BCUT2D eigenvalue weighted by atomic mass is 19.1. The van der Waals surface area contributed by atoms with Crippen LogP contribution in [0.15, 0.2) is 30.3 Å². The molecule has 0 bridgehead atoms. The lowest BCUT2D eigenvalue weighted by Gasteiger charge is -2.11. The smallest absolute Gasteiger partial charge is 0.123 e. The fourth-order valence-corrected chi connectivity index (χ4v) is 1.99. The summed E-state index contributed by atoms with van der Waals surface area (Å²) in [7, 11) is 1.92. The highest BCUT2D eigenvalue weighted by Crippen LogP contribution is 2.17. The molecule has 0 aliphatic rings. The normalized spacial score (nSPS) is 12.7. The van der Waals surface area contributed by atoms with Crippen molar-refractivity contribution in [2.24, 2.45) is 12.8 Å². The monoisotopic (exact) mass is 247 g/mol. The molecule has 2 N–H and O–H groups in total. The largest absolute Gasteiger partial charge is 0.324 e. The zero-order valence-corrected chi connectivity index (χ0v) is 10.7. The van der Waals surface area contributed by atoms with Crippen LogP contribution in [-0.4, -0.2) is 9.78 Å². The number of hydrogen-bond acceptors (Lipinski definition) is 2. The molecule has 0 amide bonds. The second-order valence-electron chi connectivity index (χ2n) is 4.47. The van der Waals surface area contributed by atoms with Crippen molar-refractivity contribution in [3.05, 3.63) is 53.1 Å². The zero-order chi connectivity index (χ0) is 13.1. The van der Waals surface area contributed by atoms with Gasteiger partial charge < -0.3 is 5.73 Å². The minimum absolute atomic E-state index is 0.134. The minimum atomic E-state index is -0.236. The van der Waals surface area contributed by atoms with E-state index in [-0.39, 0.29) is 11.9 Å². The Balaban J connectivity index is 2.13. The maximum atomic E-state index is 12.8. The van der Waals surface area contributed by atoms with E-state index in [2.05, 4.69) is 18.1 Å². The van der Waals surface area contributed by atoms with E-state index in [1.807, 2.05) is 11.7 Å². The highest BCUT2D eigenvalue weighted by molar-refractivity contribution is 5.22. The van der Waals surface area contributed by atoms with Crippen molar-refractivity contribution < 1.29 is 4.39 Å². The van der Waals surface area contributed by atoms with Crippen molar-refractivity contribution in [2.45, 2.75) is 25.8 Å². The molecule has 1 aromatic carbocycles. The van der Waals surface area contributed by atoms with E-state index in [0.29, 0.717) is 6.42 Å². The summed E-state index contributed by atoms with van der Waals surface area (Å²) >= 11 is 0. The minimum Gasteiger partial charge on any atom is -0.324 e. The average molecular weight is 247 g/mol. The standard InChI is InChI=1S/C14H18FN3/c1-3-12-8-13(18(2)17-12)9-14(16)10-4-6-11(15)7-5-10/h4-8,14H,3,9,16H2,1-2H3. The van der Waals surface area contributed by atoms with Crippen LogP contribution in [0.25, 0.3) is 0 Å². The van der Waals surface area contributed by atoms with Gasteiger partial charge in [0, 0.05) is 25.2 Å². The number of halogens is 1. The summed E-state index contributed by atoms with van der Waals surface area (Å²) in [6.45, 7) is 2.08. The van der Waals surface area contributed by atoms with E-state index < -0.39 is 0 Å². The lowest BCUT2D eigenvalue weighted by atomic mass is 10.0. The highest BCUT2D eigenvalue weighted by Gasteiger charge is 2.11. The summed E-state index contributed by atoms with van der Waals surface area (Å²) in [5.74, 6) is -0.236. The van der Waals surface area contributed by atoms with Gasteiger partial charge in [-0.3, -0.25) is 4.68 Å². The molecule has 3 nitrogen and oxygen atoms in total. The summed E-state index contributed by atoms with van der Waals surface area (Å²) < 4.78 is 14.7. The molecule has 0 aliphatic carbocycles. The lowest BCUT2D eigenvalue weighted by Crippen LogP contribution is -2.15. The number of benzene rings is 1. The number of nitrogens with two attached hydrogens (primary N) is 1. The van der Waals surface area contributed by atoms with Gasteiger partial charge in [0.15, 0.2) is 0 Å². The third kappa shape index (κ3) is 2.76. The van der Waals surface area contributed by atoms with Gasteiger partial charge in [-0.05, 0) is 30.2 Å². The second-order valence-corrected chi connectivity index (χ2v) is 4.47. The van der Waals surface area contributed by atoms with Crippen molar-refractivity contribution in [1.82, 2.24) is 9.78 Å². The molecule has 2 rings (SSSR count). The Hall–Kier alpha value is -1.68. The molecule has 0 aliphatic heterocycles. The molecule has 0 saturated heterocycles. The van der Waals surface area contributed by atoms with Crippen molar-refractivity contribution in [3.63, 3.8) is 0 Å². The molecule has 1 unspecified atom stereocenters. The number of rotatable bonds is 4. The predicted octanol–water partition coefficient (Wildman–Crippen LogP) is 2.36. The molecule has 0 fully saturated rings. The summed E-state index contributed by atoms with van der Waals surface area (Å²) in [6, 6.07) is 8.29. The first kappa shape index (κ1) is 12.8. The van der Waals surface area contributed by atoms with Crippen LogP contribution in [0, 0.1) is 5.82 Å². The fourth-order valence-electron chi connectivity index (χ4n) is 1.99. The lowest BCUT2D eigenvalue weighted by molar-refractivity contribution is 0.618. The van der Waals surface area contributed by atoms with Crippen LogP contribution in [0.4, 0.5) is 4.39 Å². The Morgan fingerprint density at radius 2 is 2.00 bits per heavy atom. The van der Waals surface area contributed by atoms with Gasteiger partial charge >= 0.3 is 0 Å². The molecule has 0 radical (unpaired) electrons.